The molecule has 1 amide bonds. The van der Waals surface area contributed by atoms with Gasteiger partial charge < -0.3 is 4.42 Å². The summed E-state index contributed by atoms with van der Waals surface area (Å²) in [5.41, 5.74) is 0.552. The van der Waals surface area contributed by atoms with Crippen LogP contribution in [-0.4, -0.2) is 21.9 Å². The number of carbonyl (C=O) groups is 1. The number of nitrogens with one attached hydrogen (secondary N) is 1. The van der Waals surface area contributed by atoms with Crippen molar-refractivity contribution in [1.29, 1.82) is 0 Å². The molecule has 0 saturated heterocycles. The molecule has 22 heavy (non-hydrogen) atoms. The highest BCUT2D eigenvalue weighted by atomic mass is 32.2. The molecule has 2 aromatic heterocycles. The lowest BCUT2D eigenvalue weighted by Crippen LogP contribution is -2.11. The van der Waals surface area contributed by atoms with Crippen molar-refractivity contribution in [2.24, 2.45) is 0 Å². The molecule has 0 aliphatic rings. The second kappa shape index (κ2) is 6.76. The Morgan fingerprint density at radius 3 is 2.77 bits per heavy atom. The molecule has 0 bridgehead atoms. The molecule has 0 aliphatic carbocycles. The number of nitrogens with zero attached hydrogens (tertiary/aromatic N) is 2. The molecule has 0 unspecified atom stereocenters. The summed E-state index contributed by atoms with van der Waals surface area (Å²) >= 11 is 3.23. The summed E-state index contributed by atoms with van der Waals surface area (Å²) in [6, 6.07) is 11.3. The lowest BCUT2D eigenvalue weighted by molar-refractivity contribution is 0.102. The fraction of sp³-hybridized carbons (Fsp3) is 0.133. The number of thiophene rings is 1. The first-order valence-corrected chi connectivity index (χ1v) is 8.54. The van der Waals surface area contributed by atoms with Crippen LogP contribution in [0.25, 0.3) is 10.8 Å². The zero-order valence-corrected chi connectivity index (χ0v) is 13.4. The molecule has 0 spiro atoms. The smallest absolute Gasteiger partial charge is 0.322 e. The molecule has 0 radical (unpaired) electrons. The molecule has 1 N–H and O–H groups in total. The summed E-state index contributed by atoms with van der Waals surface area (Å²) in [7, 11) is 0. The Morgan fingerprint density at radius 2 is 2.09 bits per heavy atom. The van der Waals surface area contributed by atoms with Crippen LogP contribution < -0.4 is 5.32 Å². The molecular formula is C15H13N3O2S2. The van der Waals surface area contributed by atoms with Gasteiger partial charge in [0.1, 0.15) is 0 Å². The number of carbonyl (C=O) groups excluding carboxylic acids is 1. The number of benzene rings is 1. The normalized spacial score (nSPS) is 10.6. The standard InChI is InChI=1S/C15H13N3O2S2/c1-2-21-11-7-5-10(6-8-11)13(19)16-15-18-17-14(20-15)12-4-3-9-22-12/h3-9H,2H2,1H3,(H,16,18,19). The summed E-state index contributed by atoms with van der Waals surface area (Å²) in [4.78, 5) is 14.1. The fourth-order valence-electron chi connectivity index (χ4n) is 1.81. The van der Waals surface area contributed by atoms with Crippen molar-refractivity contribution in [2.45, 2.75) is 11.8 Å². The highest BCUT2D eigenvalue weighted by molar-refractivity contribution is 7.99. The van der Waals surface area contributed by atoms with Gasteiger partial charge in [0.25, 0.3) is 11.8 Å². The Hall–Kier alpha value is -2.12. The van der Waals surface area contributed by atoms with Crippen LogP contribution in [0.3, 0.4) is 0 Å². The molecule has 112 valence electrons. The van der Waals surface area contributed by atoms with Crippen LogP contribution >= 0.6 is 23.1 Å². The summed E-state index contributed by atoms with van der Waals surface area (Å²) in [6.07, 6.45) is 0. The molecule has 0 atom stereocenters. The number of anilines is 1. The second-order valence-corrected chi connectivity index (χ2v) is 6.59. The van der Waals surface area contributed by atoms with Gasteiger partial charge in [-0.3, -0.25) is 10.1 Å². The summed E-state index contributed by atoms with van der Waals surface area (Å²) in [6.45, 7) is 2.09. The third-order valence-corrected chi connectivity index (χ3v) is 4.56. The van der Waals surface area contributed by atoms with E-state index in [0.717, 1.165) is 15.5 Å². The predicted octanol–water partition coefficient (Wildman–Crippen LogP) is 4.16. The molecule has 3 aromatic rings. The van der Waals surface area contributed by atoms with E-state index in [1.54, 1.807) is 23.9 Å². The number of hydrogen-bond donors (Lipinski definition) is 1. The minimum Gasteiger partial charge on any atom is -0.402 e. The number of aromatic nitrogens is 2. The van der Waals surface area contributed by atoms with Crippen LogP contribution in [0.2, 0.25) is 0 Å². The minimum atomic E-state index is -0.269. The molecule has 0 fully saturated rings. The van der Waals surface area contributed by atoms with Crippen LogP contribution in [0.4, 0.5) is 6.01 Å². The number of rotatable bonds is 5. The van der Waals surface area contributed by atoms with Gasteiger partial charge in [0, 0.05) is 10.5 Å². The van der Waals surface area contributed by atoms with Gasteiger partial charge >= 0.3 is 6.01 Å². The number of amides is 1. The van der Waals surface area contributed by atoms with Gasteiger partial charge in [-0.15, -0.1) is 28.2 Å². The Labute approximate surface area is 135 Å². The lowest BCUT2D eigenvalue weighted by atomic mass is 10.2. The highest BCUT2D eigenvalue weighted by Crippen LogP contribution is 2.24. The van der Waals surface area contributed by atoms with Crippen molar-refractivity contribution in [2.75, 3.05) is 11.1 Å². The van der Waals surface area contributed by atoms with Crippen molar-refractivity contribution in [3.8, 4) is 10.8 Å². The molecule has 3 rings (SSSR count). The van der Waals surface area contributed by atoms with Crippen molar-refractivity contribution in [1.82, 2.24) is 10.2 Å². The van der Waals surface area contributed by atoms with Crippen LogP contribution in [0.15, 0.2) is 51.1 Å². The molecule has 5 nitrogen and oxygen atoms in total. The Kier molecular flexibility index (Phi) is 4.55. The van der Waals surface area contributed by atoms with Gasteiger partial charge in [0.15, 0.2) is 0 Å². The lowest BCUT2D eigenvalue weighted by Gasteiger charge is -2.02. The monoisotopic (exact) mass is 331 g/mol. The van der Waals surface area contributed by atoms with Gasteiger partial charge in [-0.2, -0.15) is 0 Å². The van der Waals surface area contributed by atoms with E-state index in [-0.39, 0.29) is 11.9 Å². The Bertz CT molecular complexity index is 751. The summed E-state index contributed by atoms with van der Waals surface area (Å²) < 4.78 is 5.43. The van der Waals surface area contributed by atoms with E-state index >= 15 is 0 Å². The minimum absolute atomic E-state index is 0.0976. The van der Waals surface area contributed by atoms with E-state index < -0.39 is 0 Å². The molecule has 0 saturated carbocycles. The van der Waals surface area contributed by atoms with Crippen molar-refractivity contribution >= 4 is 35.0 Å². The second-order valence-electron chi connectivity index (χ2n) is 4.30. The maximum atomic E-state index is 12.1. The number of hydrogen-bond acceptors (Lipinski definition) is 6. The highest BCUT2D eigenvalue weighted by Gasteiger charge is 2.13. The Morgan fingerprint density at radius 1 is 1.27 bits per heavy atom. The van der Waals surface area contributed by atoms with E-state index in [1.807, 2.05) is 29.6 Å². The maximum Gasteiger partial charge on any atom is 0.322 e. The van der Waals surface area contributed by atoms with E-state index in [9.17, 15) is 4.79 Å². The van der Waals surface area contributed by atoms with Gasteiger partial charge in [-0.05, 0) is 41.5 Å². The van der Waals surface area contributed by atoms with Crippen LogP contribution in [0, 0.1) is 0 Å². The van der Waals surface area contributed by atoms with E-state index in [4.69, 9.17) is 4.42 Å². The Balaban J connectivity index is 1.69. The van der Waals surface area contributed by atoms with E-state index in [1.165, 1.54) is 11.3 Å². The van der Waals surface area contributed by atoms with Crippen molar-refractivity contribution in [3.63, 3.8) is 0 Å². The van der Waals surface area contributed by atoms with E-state index in [0.29, 0.717) is 11.5 Å². The van der Waals surface area contributed by atoms with Crippen molar-refractivity contribution in [3.05, 3.63) is 47.3 Å². The largest absolute Gasteiger partial charge is 0.402 e. The van der Waals surface area contributed by atoms with Crippen LogP contribution in [0.5, 0.6) is 0 Å². The first kappa shape index (κ1) is 14.8. The summed E-state index contributed by atoms with van der Waals surface area (Å²) in [5.74, 6) is 1.13. The zero-order chi connectivity index (χ0) is 15.4. The summed E-state index contributed by atoms with van der Waals surface area (Å²) in [5, 5.41) is 12.3. The van der Waals surface area contributed by atoms with Crippen LogP contribution in [-0.2, 0) is 0 Å². The quantitative estimate of drug-likeness (QED) is 0.711. The predicted molar refractivity (Wildman–Crippen MR) is 88.4 cm³/mol. The van der Waals surface area contributed by atoms with Crippen molar-refractivity contribution < 1.29 is 9.21 Å². The first-order valence-electron chi connectivity index (χ1n) is 6.68. The topological polar surface area (TPSA) is 68.0 Å². The molecular weight excluding hydrogens is 318 g/mol. The van der Waals surface area contributed by atoms with Gasteiger partial charge in [-0.1, -0.05) is 18.1 Å². The molecule has 1 aromatic carbocycles. The fourth-order valence-corrected chi connectivity index (χ4v) is 3.12. The average Bonchev–Trinajstić information content (AvgIpc) is 3.19. The maximum absolute atomic E-state index is 12.1. The molecule has 7 heteroatoms. The van der Waals surface area contributed by atoms with Gasteiger partial charge in [0.2, 0.25) is 0 Å². The zero-order valence-electron chi connectivity index (χ0n) is 11.8. The van der Waals surface area contributed by atoms with Crippen LogP contribution in [0.1, 0.15) is 17.3 Å². The average molecular weight is 331 g/mol. The van der Waals surface area contributed by atoms with E-state index in [2.05, 4.69) is 22.4 Å². The third-order valence-electron chi connectivity index (χ3n) is 2.80. The SMILES string of the molecule is CCSc1ccc(C(=O)Nc2nnc(-c3cccs3)o2)cc1. The number of thioether (sulfide) groups is 1. The molecule has 2 heterocycles. The molecule has 0 aliphatic heterocycles. The van der Waals surface area contributed by atoms with Gasteiger partial charge in [-0.25, -0.2) is 0 Å². The first-order chi connectivity index (χ1) is 10.8. The third kappa shape index (κ3) is 3.37. The van der Waals surface area contributed by atoms with Gasteiger partial charge in [0.05, 0.1) is 4.88 Å².